The van der Waals surface area contributed by atoms with Crippen LogP contribution in [-0.4, -0.2) is 123 Å². The molecule has 2 unspecified atom stereocenters. The van der Waals surface area contributed by atoms with Crippen molar-refractivity contribution >= 4 is 11.9 Å². The number of allylic oxidation sites excluding steroid dienone is 2. The predicted octanol–water partition coefficient (Wildman–Crippen LogP) is 5.52. The summed E-state index contributed by atoms with van der Waals surface area (Å²) >= 11 is 0. The van der Waals surface area contributed by atoms with Crippen molar-refractivity contribution in [2.45, 2.75) is 87.7 Å². The summed E-state index contributed by atoms with van der Waals surface area (Å²) in [5.74, 6) is -0.913. The standard InChI is InChI=1S/C38H52F3N3O6/c1-48-23-29-18-26(32-13-6-27(38(39,40)41)19-35(32)42-16-14-25(15-17-42)37(46)47)20-44(29)36(45)34-22-43(28-7-11-31(50-3)12-8-28)21-33(34)24-4-9-30(49-2)10-5-24/h4-6,9-10,13,25-26,28-29,31,33-35H,7-8,11-12,14-23H2,1-3H3,(H,46,47)/t26-,28?,29?,31?,33+,34-,35?/m1/s1. The molecular weight excluding hydrogens is 651 g/mol. The zero-order chi connectivity index (χ0) is 35.6. The Morgan fingerprint density at radius 3 is 2.20 bits per heavy atom. The number of aliphatic carboxylic acids is 1. The second-order valence-electron chi connectivity index (χ2n) is 14.9. The zero-order valence-corrected chi connectivity index (χ0v) is 29.4. The Hall–Kier alpha value is -2.93. The van der Waals surface area contributed by atoms with Crippen molar-refractivity contribution in [2.24, 2.45) is 17.8 Å². The third-order valence-corrected chi connectivity index (χ3v) is 12.2. The Kier molecular flexibility index (Phi) is 11.6. The molecule has 12 heteroatoms. The van der Waals surface area contributed by atoms with Gasteiger partial charge in [0.1, 0.15) is 5.75 Å². The highest BCUT2D eigenvalue weighted by molar-refractivity contribution is 5.81. The van der Waals surface area contributed by atoms with Gasteiger partial charge in [0, 0.05) is 63.3 Å². The van der Waals surface area contributed by atoms with Crippen molar-refractivity contribution in [3.05, 3.63) is 53.1 Å². The van der Waals surface area contributed by atoms with Gasteiger partial charge in [-0.05, 0) is 87.7 Å². The number of nitrogens with zero attached hydrogens (tertiary/aromatic N) is 3. The lowest BCUT2D eigenvalue weighted by molar-refractivity contribution is -0.143. The van der Waals surface area contributed by atoms with Crippen LogP contribution >= 0.6 is 0 Å². The van der Waals surface area contributed by atoms with Crippen LogP contribution in [0.15, 0.2) is 47.6 Å². The molecule has 0 radical (unpaired) electrons. The lowest BCUT2D eigenvalue weighted by atomic mass is 9.81. The SMILES string of the molecule is COCC1C[C@@H](C2=CC=C(C(F)(F)F)CC2N2CCC(C(=O)O)CC2)CN1C(=O)[C@@H]1CN(C2CCC(OC)CC2)C[C@H]1c1ccc(OC)cc1. The van der Waals surface area contributed by atoms with Gasteiger partial charge >= 0.3 is 12.1 Å². The molecule has 1 N–H and O–H groups in total. The highest BCUT2D eigenvalue weighted by Gasteiger charge is 2.48. The average Bonchev–Trinajstić information content (AvgIpc) is 3.76. The Bertz CT molecular complexity index is 1400. The van der Waals surface area contributed by atoms with Crippen LogP contribution in [0.4, 0.5) is 13.2 Å². The summed E-state index contributed by atoms with van der Waals surface area (Å²) in [5, 5.41) is 9.53. The van der Waals surface area contributed by atoms with E-state index in [0.29, 0.717) is 58.1 Å². The number of carbonyl (C=O) groups excluding carboxylic acids is 1. The molecular formula is C38H52F3N3O6. The first-order valence-electron chi connectivity index (χ1n) is 18.2. The molecule has 1 saturated carbocycles. The van der Waals surface area contributed by atoms with Crippen LogP contribution in [0.5, 0.6) is 5.75 Å². The molecule has 3 aliphatic heterocycles. The van der Waals surface area contributed by atoms with Gasteiger partial charge in [0.15, 0.2) is 0 Å². The van der Waals surface area contributed by atoms with Crippen LogP contribution in [0.1, 0.15) is 62.8 Å². The maximum atomic E-state index is 14.8. The summed E-state index contributed by atoms with van der Waals surface area (Å²) < 4.78 is 58.7. The van der Waals surface area contributed by atoms with Gasteiger partial charge in [0.05, 0.1) is 37.7 Å². The van der Waals surface area contributed by atoms with Crippen LogP contribution in [0.25, 0.3) is 0 Å². The number of likely N-dealkylation sites (tertiary alicyclic amines) is 3. The lowest BCUT2D eigenvalue weighted by Crippen LogP contribution is -2.47. The maximum Gasteiger partial charge on any atom is 0.412 e. The maximum absolute atomic E-state index is 14.8. The Morgan fingerprint density at radius 2 is 1.60 bits per heavy atom. The third-order valence-electron chi connectivity index (χ3n) is 12.2. The quantitative estimate of drug-likeness (QED) is 0.341. The van der Waals surface area contributed by atoms with E-state index in [-0.39, 0.29) is 42.2 Å². The number of halogens is 3. The first-order valence-corrected chi connectivity index (χ1v) is 18.2. The number of carboxylic acid groups (broad SMARTS) is 1. The van der Waals surface area contributed by atoms with Gasteiger partial charge in [-0.1, -0.05) is 24.3 Å². The Labute approximate surface area is 293 Å². The number of carbonyl (C=O) groups is 2. The van der Waals surface area contributed by atoms with E-state index in [1.54, 1.807) is 27.4 Å². The van der Waals surface area contributed by atoms with E-state index >= 15 is 0 Å². The summed E-state index contributed by atoms with van der Waals surface area (Å²) in [6.07, 6.45) is 3.99. The fourth-order valence-corrected chi connectivity index (χ4v) is 9.33. The van der Waals surface area contributed by atoms with Crippen molar-refractivity contribution in [1.29, 1.82) is 0 Å². The second-order valence-corrected chi connectivity index (χ2v) is 14.9. The smallest absolute Gasteiger partial charge is 0.412 e. The molecule has 0 aromatic heterocycles. The number of piperidine rings is 1. The molecule has 1 amide bonds. The van der Waals surface area contributed by atoms with E-state index in [2.05, 4.69) is 17.0 Å². The summed E-state index contributed by atoms with van der Waals surface area (Å²) in [7, 11) is 5.03. The largest absolute Gasteiger partial charge is 0.497 e. The van der Waals surface area contributed by atoms with E-state index in [4.69, 9.17) is 14.2 Å². The first-order chi connectivity index (χ1) is 24.0. The molecule has 6 rings (SSSR count). The van der Waals surface area contributed by atoms with Gasteiger partial charge in [-0.2, -0.15) is 13.2 Å². The molecule has 50 heavy (non-hydrogen) atoms. The molecule has 9 nitrogen and oxygen atoms in total. The number of ether oxygens (including phenoxy) is 3. The van der Waals surface area contributed by atoms with Crippen molar-refractivity contribution < 1.29 is 42.1 Å². The van der Waals surface area contributed by atoms with Gasteiger partial charge in [0.25, 0.3) is 0 Å². The topological polar surface area (TPSA) is 91.8 Å². The van der Waals surface area contributed by atoms with Gasteiger partial charge in [0.2, 0.25) is 5.91 Å². The highest BCUT2D eigenvalue weighted by atomic mass is 19.4. The van der Waals surface area contributed by atoms with Gasteiger partial charge in [-0.3, -0.25) is 19.4 Å². The van der Waals surface area contributed by atoms with Crippen LogP contribution < -0.4 is 4.74 Å². The highest BCUT2D eigenvalue weighted by Crippen LogP contribution is 2.44. The molecule has 3 heterocycles. The number of alkyl halides is 3. The zero-order valence-electron chi connectivity index (χ0n) is 29.4. The lowest BCUT2D eigenvalue weighted by Gasteiger charge is -2.41. The molecule has 5 aliphatic rings. The minimum Gasteiger partial charge on any atom is -0.497 e. The Morgan fingerprint density at radius 1 is 0.900 bits per heavy atom. The number of benzene rings is 1. The summed E-state index contributed by atoms with van der Waals surface area (Å²) in [4.78, 5) is 32.9. The van der Waals surface area contributed by atoms with Crippen molar-refractivity contribution in [3.63, 3.8) is 0 Å². The number of amides is 1. The average molecular weight is 704 g/mol. The van der Waals surface area contributed by atoms with Gasteiger partial charge in [-0.15, -0.1) is 0 Å². The van der Waals surface area contributed by atoms with E-state index in [0.717, 1.165) is 49.1 Å². The van der Waals surface area contributed by atoms with Crippen LogP contribution in [0.3, 0.4) is 0 Å². The van der Waals surface area contributed by atoms with Gasteiger partial charge in [-0.25, -0.2) is 0 Å². The molecule has 1 aromatic carbocycles. The van der Waals surface area contributed by atoms with Crippen LogP contribution in [0.2, 0.25) is 0 Å². The molecule has 276 valence electrons. The summed E-state index contributed by atoms with van der Waals surface area (Å²) in [5.41, 5.74) is 1.43. The van der Waals surface area contributed by atoms with E-state index < -0.39 is 29.7 Å². The molecule has 2 aliphatic carbocycles. The molecule has 0 spiro atoms. The predicted molar refractivity (Wildman–Crippen MR) is 182 cm³/mol. The number of carboxylic acids is 1. The van der Waals surface area contributed by atoms with Crippen LogP contribution in [-0.2, 0) is 19.1 Å². The van der Waals surface area contributed by atoms with Crippen molar-refractivity contribution in [1.82, 2.24) is 14.7 Å². The minimum atomic E-state index is -4.44. The van der Waals surface area contributed by atoms with Crippen LogP contribution in [0, 0.1) is 17.8 Å². The number of hydrogen-bond donors (Lipinski definition) is 1. The molecule has 5 atom stereocenters. The normalized spacial score (nSPS) is 31.8. The van der Waals surface area contributed by atoms with Gasteiger partial charge < -0.3 is 24.2 Å². The minimum absolute atomic E-state index is 0.00903. The molecule has 1 aromatic rings. The number of methoxy groups -OCH3 is 3. The number of hydrogen-bond acceptors (Lipinski definition) is 7. The van der Waals surface area contributed by atoms with E-state index in [1.165, 1.54) is 6.08 Å². The van der Waals surface area contributed by atoms with Crippen molar-refractivity contribution in [3.8, 4) is 5.75 Å². The summed E-state index contributed by atoms with van der Waals surface area (Å²) in [6.45, 7) is 3.05. The molecule has 3 saturated heterocycles. The number of rotatable bonds is 10. The molecule has 0 bridgehead atoms. The molecule has 4 fully saturated rings. The Balaban J connectivity index is 1.25. The van der Waals surface area contributed by atoms with E-state index in [1.807, 2.05) is 21.9 Å². The summed E-state index contributed by atoms with van der Waals surface area (Å²) in [6, 6.07) is 7.70. The third kappa shape index (κ3) is 7.93. The fourth-order valence-electron chi connectivity index (χ4n) is 9.33. The second kappa shape index (κ2) is 15.8. The monoisotopic (exact) mass is 703 g/mol. The van der Waals surface area contributed by atoms with E-state index in [9.17, 15) is 27.9 Å². The van der Waals surface area contributed by atoms with Crippen molar-refractivity contribution in [2.75, 3.05) is 60.7 Å². The first kappa shape index (κ1) is 36.8. The fraction of sp³-hybridized carbons (Fsp3) is 0.684.